The van der Waals surface area contributed by atoms with E-state index >= 15 is 0 Å². The molecule has 5 heteroatoms. The van der Waals surface area contributed by atoms with Crippen LogP contribution in [-0.4, -0.2) is 18.3 Å². The molecule has 0 fully saturated rings. The largest absolute Gasteiger partial charge is 0.489 e. The maximum absolute atomic E-state index is 13.1. The molecule has 0 unspecified atom stereocenters. The molecule has 5 nitrogen and oxygen atoms in total. The second kappa shape index (κ2) is 7.56. The van der Waals surface area contributed by atoms with Crippen LogP contribution in [0.4, 0.5) is 0 Å². The summed E-state index contributed by atoms with van der Waals surface area (Å²) in [5.41, 5.74) is 3.10. The van der Waals surface area contributed by atoms with E-state index in [0.717, 1.165) is 16.9 Å². The van der Waals surface area contributed by atoms with Crippen molar-refractivity contribution in [2.75, 3.05) is 6.61 Å². The van der Waals surface area contributed by atoms with E-state index in [0.29, 0.717) is 35.5 Å². The first kappa shape index (κ1) is 17.8. The van der Waals surface area contributed by atoms with Crippen molar-refractivity contribution in [1.82, 2.24) is 5.32 Å². The Bertz CT molecular complexity index is 1050. The van der Waals surface area contributed by atoms with Crippen LogP contribution in [0.15, 0.2) is 77.4 Å². The Balaban J connectivity index is 1.59. The summed E-state index contributed by atoms with van der Waals surface area (Å²) < 4.78 is 10.8. The van der Waals surface area contributed by atoms with Crippen molar-refractivity contribution in [3.05, 3.63) is 101 Å². The fourth-order valence-corrected chi connectivity index (χ4v) is 3.21. The third kappa shape index (κ3) is 3.60. The predicted molar refractivity (Wildman–Crippen MR) is 105 cm³/mol. The van der Waals surface area contributed by atoms with Gasteiger partial charge in [0.05, 0.1) is 18.4 Å². The van der Waals surface area contributed by atoms with E-state index in [1.54, 1.807) is 54.8 Å². The highest BCUT2D eigenvalue weighted by atomic mass is 16.5. The Morgan fingerprint density at radius 2 is 1.86 bits per heavy atom. The van der Waals surface area contributed by atoms with Gasteiger partial charge in [0.2, 0.25) is 0 Å². The molecule has 1 aromatic heterocycles. The van der Waals surface area contributed by atoms with Gasteiger partial charge in [-0.05, 0) is 47.5 Å². The van der Waals surface area contributed by atoms with Crippen LogP contribution in [0.5, 0.6) is 5.75 Å². The topological polar surface area (TPSA) is 68.5 Å². The van der Waals surface area contributed by atoms with Gasteiger partial charge in [-0.15, -0.1) is 0 Å². The minimum absolute atomic E-state index is 0.206. The zero-order chi connectivity index (χ0) is 19.5. The van der Waals surface area contributed by atoms with E-state index in [1.807, 2.05) is 6.07 Å². The molecule has 1 aliphatic heterocycles. The van der Waals surface area contributed by atoms with Crippen molar-refractivity contribution in [3.8, 4) is 5.75 Å². The Morgan fingerprint density at radius 1 is 1.04 bits per heavy atom. The fourth-order valence-electron chi connectivity index (χ4n) is 3.21. The van der Waals surface area contributed by atoms with Gasteiger partial charge in [0.25, 0.3) is 5.91 Å². The molecule has 3 aromatic rings. The molecule has 2 heterocycles. The molecule has 140 valence electrons. The summed E-state index contributed by atoms with van der Waals surface area (Å²) in [6, 6.07) is 15.7. The Morgan fingerprint density at radius 3 is 2.64 bits per heavy atom. The van der Waals surface area contributed by atoms with E-state index < -0.39 is 0 Å². The first-order valence-electron chi connectivity index (χ1n) is 8.98. The number of hydrogen-bond donors (Lipinski definition) is 1. The van der Waals surface area contributed by atoms with Crippen molar-refractivity contribution in [2.45, 2.75) is 13.0 Å². The van der Waals surface area contributed by atoms with Crippen molar-refractivity contribution in [3.63, 3.8) is 0 Å². The smallest absolute Gasteiger partial charge is 0.252 e. The lowest BCUT2D eigenvalue weighted by Gasteiger charge is -2.19. The van der Waals surface area contributed by atoms with E-state index in [4.69, 9.17) is 9.15 Å². The van der Waals surface area contributed by atoms with E-state index in [1.165, 1.54) is 0 Å². The lowest BCUT2D eigenvalue weighted by atomic mass is 9.94. The van der Waals surface area contributed by atoms with Crippen LogP contribution in [-0.2, 0) is 13.0 Å². The minimum Gasteiger partial charge on any atom is -0.489 e. The van der Waals surface area contributed by atoms with Gasteiger partial charge in [0, 0.05) is 17.5 Å². The molecule has 1 N–H and O–H groups in total. The molecule has 0 spiro atoms. The third-order valence-corrected chi connectivity index (χ3v) is 4.61. The molecular formula is C23H19NO4. The zero-order valence-electron chi connectivity index (χ0n) is 15.2. The average Bonchev–Trinajstić information content (AvgIpc) is 3.24. The molecule has 1 amide bonds. The minimum atomic E-state index is -0.324. The highest BCUT2D eigenvalue weighted by Crippen LogP contribution is 2.28. The molecular weight excluding hydrogens is 354 g/mol. The van der Waals surface area contributed by atoms with Crippen LogP contribution >= 0.6 is 0 Å². The molecule has 0 bridgehead atoms. The SMILES string of the molecule is C=C1COc2ccc(C(=O)c3ccccc3C(=O)NCc3ccco3)cc2C1. The van der Waals surface area contributed by atoms with Crippen molar-refractivity contribution >= 4 is 11.7 Å². The number of hydrogen-bond acceptors (Lipinski definition) is 4. The summed E-state index contributed by atoms with van der Waals surface area (Å²) in [7, 11) is 0. The van der Waals surface area contributed by atoms with Gasteiger partial charge in [-0.2, -0.15) is 0 Å². The van der Waals surface area contributed by atoms with Crippen LogP contribution < -0.4 is 10.1 Å². The molecule has 1 aliphatic rings. The summed E-state index contributed by atoms with van der Waals surface area (Å²) in [5, 5.41) is 2.79. The number of carbonyl (C=O) groups excluding carboxylic acids is 2. The van der Waals surface area contributed by atoms with Crippen molar-refractivity contribution < 1.29 is 18.7 Å². The lowest BCUT2D eigenvalue weighted by molar-refractivity contribution is 0.0937. The van der Waals surface area contributed by atoms with E-state index in [-0.39, 0.29) is 18.2 Å². The number of rotatable bonds is 5. The summed E-state index contributed by atoms with van der Waals surface area (Å²) in [5.74, 6) is 0.887. The quantitative estimate of drug-likeness (QED) is 0.543. The standard InChI is InChI=1S/C23H19NO4/c1-15-11-17-12-16(8-9-21(17)28-14-15)22(25)19-6-2-3-7-20(19)23(26)24-13-18-5-4-10-27-18/h2-10,12H,1,11,13-14H2,(H,24,26). The van der Waals surface area contributed by atoms with Gasteiger partial charge in [-0.25, -0.2) is 0 Å². The lowest BCUT2D eigenvalue weighted by Crippen LogP contribution is -2.25. The molecule has 0 radical (unpaired) electrons. The average molecular weight is 373 g/mol. The fraction of sp³-hybridized carbons (Fsp3) is 0.130. The van der Waals surface area contributed by atoms with Crippen LogP contribution in [0.1, 0.15) is 37.6 Å². The number of nitrogens with one attached hydrogen (secondary N) is 1. The summed E-state index contributed by atoms with van der Waals surface area (Å²) >= 11 is 0. The molecule has 4 rings (SSSR count). The molecule has 0 aliphatic carbocycles. The molecule has 2 aromatic carbocycles. The number of amides is 1. The third-order valence-electron chi connectivity index (χ3n) is 4.61. The van der Waals surface area contributed by atoms with E-state index in [2.05, 4.69) is 11.9 Å². The van der Waals surface area contributed by atoms with Crippen LogP contribution in [0.3, 0.4) is 0 Å². The van der Waals surface area contributed by atoms with Gasteiger partial charge in [0.15, 0.2) is 5.78 Å². The zero-order valence-corrected chi connectivity index (χ0v) is 15.2. The number of ketones is 1. The summed E-state index contributed by atoms with van der Waals surface area (Å²) in [6.07, 6.45) is 2.23. The maximum Gasteiger partial charge on any atom is 0.252 e. The Kier molecular flexibility index (Phi) is 4.81. The monoisotopic (exact) mass is 373 g/mol. The molecule has 0 atom stereocenters. The highest BCUT2D eigenvalue weighted by Gasteiger charge is 2.20. The van der Waals surface area contributed by atoms with Crippen molar-refractivity contribution in [1.29, 1.82) is 0 Å². The number of furan rings is 1. The second-order valence-corrected chi connectivity index (χ2v) is 6.67. The first-order chi connectivity index (χ1) is 13.6. The van der Waals surface area contributed by atoms with Gasteiger partial charge in [-0.3, -0.25) is 9.59 Å². The molecule has 0 saturated carbocycles. The van der Waals surface area contributed by atoms with E-state index in [9.17, 15) is 9.59 Å². The second-order valence-electron chi connectivity index (χ2n) is 6.67. The van der Waals surface area contributed by atoms with Crippen LogP contribution in [0.25, 0.3) is 0 Å². The Labute approximate surface area is 162 Å². The van der Waals surface area contributed by atoms with Gasteiger partial charge < -0.3 is 14.5 Å². The van der Waals surface area contributed by atoms with Gasteiger partial charge in [0.1, 0.15) is 18.1 Å². The molecule has 0 saturated heterocycles. The van der Waals surface area contributed by atoms with Gasteiger partial charge in [-0.1, -0.05) is 24.8 Å². The van der Waals surface area contributed by atoms with Gasteiger partial charge >= 0.3 is 0 Å². The highest BCUT2D eigenvalue weighted by molar-refractivity contribution is 6.15. The number of fused-ring (bicyclic) bond motifs is 1. The predicted octanol–water partition coefficient (Wildman–Crippen LogP) is 3.93. The summed E-state index contributed by atoms with van der Waals surface area (Å²) in [6.45, 7) is 4.71. The van der Waals surface area contributed by atoms with Crippen LogP contribution in [0, 0.1) is 0 Å². The van der Waals surface area contributed by atoms with Crippen LogP contribution in [0.2, 0.25) is 0 Å². The number of benzene rings is 2. The number of ether oxygens (including phenoxy) is 1. The maximum atomic E-state index is 13.1. The van der Waals surface area contributed by atoms with Crippen molar-refractivity contribution in [2.24, 2.45) is 0 Å². The Hall–Kier alpha value is -3.60. The molecule has 28 heavy (non-hydrogen) atoms. The first-order valence-corrected chi connectivity index (χ1v) is 8.98. The summed E-state index contributed by atoms with van der Waals surface area (Å²) in [4.78, 5) is 25.7. The normalized spacial score (nSPS) is 12.8. The number of carbonyl (C=O) groups is 2.